The molecule has 1 amide bonds. The Morgan fingerprint density at radius 2 is 2.00 bits per heavy atom. The van der Waals surface area contributed by atoms with Crippen molar-refractivity contribution in [3.63, 3.8) is 0 Å². The number of aryl methyl sites for hydroxylation is 2. The number of ether oxygens (including phenoxy) is 1. The van der Waals surface area contributed by atoms with Gasteiger partial charge in [0.1, 0.15) is 5.75 Å². The van der Waals surface area contributed by atoms with Crippen molar-refractivity contribution in [1.29, 1.82) is 0 Å². The highest BCUT2D eigenvalue weighted by Gasteiger charge is 2.10. The van der Waals surface area contributed by atoms with E-state index < -0.39 is 0 Å². The quantitative estimate of drug-likeness (QED) is 0.703. The predicted molar refractivity (Wildman–Crippen MR) is 97.7 cm³/mol. The molecule has 24 heavy (non-hydrogen) atoms. The van der Waals surface area contributed by atoms with E-state index in [0.29, 0.717) is 16.4 Å². The van der Waals surface area contributed by atoms with Gasteiger partial charge in [0.2, 0.25) is 0 Å². The van der Waals surface area contributed by atoms with Gasteiger partial charge in [0.05, 0.1) is 28.3 Å². The lowest BCUT2D eigenvalue weighted by molar-refractivity contribution is -0.118. The Balaban J connectivity index is 1.77. The average molecular weight is 361 g/mol. The molecule has 0 aliphatic carbocycles. The molecule has 1 aromatic heterocycles. The molecule has 0 bridgehead atoms. The number of benzene rings is 2. The molecule has 0 saturated heterocycles. The summed E-state index contributed by atoms with van der Waals surface area (Å²) in [5.41, 5.74) is 2.12. The van der Waals surface area contributed by atoms with Crippen LogP contribution >= 0.6 is 22.9 Å². The van der Waals surface area contributed by atoms with Crippen molar-refractivity contribution in [2.45, 2.75) is 13.3 Å². The van der Waals surface area contributed by atoms with Crippen LogP contribution in [0.4, 0.5) is 0 Å². The number of carbonyl (C=O) groups is 1. The normalized spacial score (nSPS) is 11.9. The fourth-order valence-electron chi connectivity index (χ4n) is 2.45. The highest BCUT2D eigenvalue weighted by Crippen LogP contribution is 2.28. The van der Waals surface area contributed by atoms with Crippen LogP contribution in [0.25, 0.3) is 10.2 Å². The molecule has 0 atom stereocenters. The SMILES string of the molecule is Cc1ccc(Cl)c2sc(=NC(=O)CCOc3ccccc3)n(C)c12. The number of aromatic nitrogens is 1. The molecule has 6 heteroatoms. The molecule has 0 spiro atoms. The van der Waals surface area contributed by atoms with Gasteiger partial charge < -0.3 is 9.30 Å². The maximum Gasteiger partial charge on any atom is 0.251 e. The standard InChI is InChI=1S/C18H17ClN2O2S/c1-12-8-9-14(19)17-16(12)21(2)18(24-17)20-15(22)10-11-23-13-6-4-3-5-7-13/h3-9H,10-11H2,1-2H3. The zero-order valence-electron chi connectivity index (χ0n) is 13.5. The van der Waals surface area contributed by atoms with E-state index in [1.807, 2.05) is 61.0 Å². The molecule has 0 saturated carbocycles. The highest BCUT2D eigenvalue weighted by atomic mass is 35.5. The molecular weight excluding hydrogens is 344 g/mol. The summed E-state index contributed by atoms with van der Waals surface area (Å²) in [7, 11) is 1.90. The molecule has 0 radical (unpaired) electrons. The number of carbonyl (C=O) groups excluding carboxylic acids is 1. The Morgan fingerprint density at radius 3 is 2.71 bits per heavy atom. The van der Waals surface area contributed by atoms with Gasteiger partial charge in [0.25, 0.3) is 5.91 Å². The third-order valence-electron chi connectivity index (χ3n) is 3.65. The molecule has 2 aromatic carbocycles. The van der Waals surface area contributed by atoms with Crippen molar-refractivity contribution in [2.75, 3.05) is 6.61 Å². The molecule has 3 aromatic rings. The van der Waals surface area contributed by atoms with Crippen LogP contribution in [0.15, 0.2) is 47.5 Å². The number of halogens is 1. The summed E-state index contributed by atoms with van der Waals surface area (Å²) in [6, 6.07) is 13.3. The lowest BCUT2D eigenvalue weighted by Crippen LogP contribution is -2.14. The summed E-state index contributed by atoms with van der Waals surface area (Å²) in [5, 5.41) is 0.678. The van der Waals surface area contributed by atoms with Crippen LogP contribution in [0.5, 0.6) is 5.75 Å². The second-order valence-corrected chi connectivity index (χ2v) is 6.79. The van der Waals surface area contributed by atoms with Gasteiger partial charge in [-0.2, -0.15) is 4.99 Å². The monoisotopic (exact) mass is 360 g/mol. The van der Waals surface area contributed by atoms with Crippen molar-refractivity contribution in [1.82, 2.24) is 4.57 Å². The van der Waals surface area contributed by atoms with Gasteiger partial charge in [-0.05, 0) is 30.7 Å². The summed E-state index contributed by atoms with van der Waals surface area (Å²) >= 11 is 7.68. The molecule has 0 N–H and O–H groups in total. The smallest absolute Gasteiger partial charge is 0.251 e. The zero-order valence-corrected chi connectivity index (χ0v) is 15.0. The van der Waals surface area contributed by atoms with Crippen molar-refractivity contribution in [3.8, 4) is 5.75 Å². The minimum absolute atomic E-state index is 0.207. The van der Waals surface area contributed by atoms with Crippen LogP contribution in [0.1, 0.15) is 12.0 Å². The van der Waals surface area contributed by atoms with Gasteiger partial charge in [-0.25, -0.2) is 0 Å². The molecular formula is C18H17ClN2O2S. The van der Waals surface area contributed by atoms with Crippen molar-refractivity contribution < 1.29 is 9.53 Å². The lowest BCUT2D eigenvalue weighted by Gasteiger charge is -2.03. The van der Waals surface area contributed by atoms with Crippen LogP contribution in [0, 0.1) is 6.92 Å². The number of amides is 1. The molecule has 4 nitrogen and oxygen atoms in total. The molecule has 0 aliphatic heterocycles. The molecule has 0 fully saturated rings. The van der Waals surface area contributed by atoms with Crippen molar-refractivity contribution in [2.24, 2.45) is 12.0 Å². The predicted octanol–water partition coefficient (Wildman–Crippen LogP) is 4.10. The first-order valence-electron chi connectivity index (χ1n) is 7.56. The van der Waals surface area contributed by atoms with Crippen LogP contribution in [-0.4, -0.2) is 17.1 Å². The first-order chi connectivity index (χ1) is 11.6. The topological polar surface area (TPSA) is 43.6 Å². The zero-order chi connectivity index (χ0) is 17.1. The van der Waals surface area contributed by atoms with Gasteiger partial charge in [-0.1, -0.05) is 47.2 Å². The van der Waals surface area contributed by atoms with E-state index in [1.54, 1.807) is 0 Å². The maximum absolute atomic E-state index is 12.1. The molecule has 1 heterocycles. The molecule has 3 rings (SSSR count). The summed E-state index contributed by atoms with van der Waals surface area (Å²) in [6.45, 7) is 2.32. The number of hydrogen-bond donors (Lipinski definition) is 0. The summed E-state index contributed by atoms with van der Waals surface area (Å²) in [4.78, 5) is 17.0. The van der Waals surface area contributed by atoms with Gasteiger partial charge >= 0.3 is 0 Å². The summed E-state index contributed by atoms with van der Waals surface area (Å²) in [6.07, 6.45) is 0.232. The number of thiazole rings is 1. The number of para-hydroxylation sites is 1. The van der Waals surface area contributed by atoms with Crippen LogP contribution in [0.2, 0.25) is 5.02 Å². The largest absolute Gasteiger partial charge is 0.493 e. The number of rotatable bonds is 4. The Hall–Kier alpha value is -2.11. The van der Waals surface area contributed by atoms with Crippen molar-refractivity contribution >= 4 is 39.1 Å². The first-order valence-corrected chi connectivity index (χ1v) is 8.76. The second kappa shape index (κ2) is 7.20. The summed E-state index contributed by atoms with van der Waals surface area (Å²) < 4.78 is 8.40. The van der Waals surface area contributed by atoms with Gasteiger partial charge in [-0.15, -0.1) is 0 Å². The minimum Gasteiger partial charge on any atom is -0.493 e. The van der Waals surface area contributed by atoms with E-state index in [1.165, 1.54) is 11.3 Å². The Morgan fingerprint density at radius 1 is 1.25 bits per heavy atom. The fourth-order valence-corrected chi connectivity index (χ4v) is 3.83. The fraction of sp³-hybridized carbons (Fsp3) is 0.222. The van der Waals surface area contributed by atoms with E-state index >= 15 is 0 Å². The molecule has 124 valence electrons. The Bertz CT molecular complexity index is 945. The van der Waals surface area contributed by atoms with Crippen molar-refractivity contribution in [3.05, 3.63) is 57.9 Å². The number of fused-ring (bicyclic) bond motifs is 1. The second-order valence-electron chi connectivity index (χ2n) is 5.40. The van der Waals surface area contributed by atoms with Crippen LogP contribution in [0.3, 0.4) is 0 Å². The van der Waals surface area contributed by atoms with E-state index in [-0.39, 0.29) is 12.3 Å². The number of hydrogen-bond acceptors (Lipinski definition) is 3. The van der Waals surface area contributed by atoms with E-state index in [9.17, 15) is 4.79 Å². The molecule has 0 unspecified atom stereocenters. The van der Waals surface area contributed by atoms with Gasteiger partial charge in [0.15, 0.2) is 4.80 Å². The minimum atomic E-state index is -0.207. The van der Waals surface area contributed by atoms with E-state index in [4.69, 9.17) is 16.3 Å². The third-order valence-corrected chi connectivity index (χ3v) is 5.24. The average Bonchev–Trinajstić information content (AvgIpc) is 2.90. The first kappa shape index (κ1) is 16.7. The Kier molecular flexibility index (Phi) is 5.02. The van der Waals surface area contributed by atoms with Gasteiger partial charge in [-0.3, -0.25) is 4.79 Å². The van der Waals surface area contributed by atoms with E-state index in [0.717, 1.165) is 21.5 Å². The number of nitrogens with zero attached hydrogens (tertiary/aromatic N) is 2. The van der Waals surface area contributed by atoms with Crippen LogP contribution in [-0.2, 0) is 11.8 Å². The van der Waals surface area contributed by atoms with Crippen LogP contribution < -0.4 is 9.54 Å². The molecule has 0 aliphatic rings. The Labute approximate surface area is 149 Å². The maximum atomic E-state index is 12.1. The summed E-state index contributed by atoms with van der Waals surface area (Å²) in [5.74, 6) is 0.544. The highest BCUT2D eigenvalue weighted by molar-refractivity contribution is 7.17. The van der Waals surface area contributed by atoms with Gasteiger partial charge in [0, 0.05) is 7.05 Å². The van der Waals surface area contributed by atoms with E-state index in [2.05, 4.69) is 4.99 Å². The third kappa shape index (κ3) is 3.52. The lowest BCUT2D eigenvalue weighted by atomic mass is 10.2.